The largest absolute Gasteiger partial charge is 0.481 e. The van der Waals surface area contributed by atoms with E-state index in [1.54, 1.807) is 42.5 Å². The molecule has 27 heavy (non-hydrogen) atoms. The predicted octanol–water partition coefficient (Wildman–Crippen LogP) is 2.44. The maximum atomic E-state index is 12.4. The van der Waals surface area contributed by atoms with Crippen molar-refractivity contribution < 1.29 is 19.5 Å². The molecule has 5 N–H and O–H groups in total. The highest BCUT2D eigenvalue weighted by atomic mass is 16.4. The van der Waals surface area contributed by atoms with Crippen LogP contribution in [0.25, 0.3) is 0 Å². The van der Waals surface area contributed by atoms with Crippen LogP contribution in [0.2, 0.25) is 0 Å². The van der Waals surface area contributed by atoms with E-state index in [0.717, 1.165) is 5.56 Å². The van der Waals surface area contributed by atoms with Gasteiger partial charge >= 0.3 is 5.97 Å². The number of nitrogen functional groups attached to an aromatic ring is 1. The van der Waals surface area contributed by atoms with Crippen LogP contribution >= 0.6 is 0 Å². The number of aryl methyl sites for hydroxylation is 1. The zero-order valence-corrected chi connectivity index (χ0v) is 14.5. The number of anilines is 1. The molecule has 7 nitrogen and oxygen atoms in total. The summed E-state index contributed by atoms with van der Waals surface area (Å²) in [5.41, 5.74) is 8.27. The number of amides is 1. The third-order valence-electron chi connectivity index (χ3n) is 4.64. The van der Waals surface area contributed by atoms with Crippen molar-refractivity contribution in [3.63, 3.8) is 0 Å². The number of benzene rings is 2. The summed E-state index contributed by atoms with van der Waals surface area (Å²) < 4.78 is 0. The molecule has 2 aromatic carbocycles. The first-order valence-electron chi connectivity index (χ1n) is 8.50. The van der Waals surface area contributed by atoms with Gasteiger partial charge in [0, 0.05) is 28.3 Å². The van der Waals surface area contributed by atoms with Gasteiger partial charge in [-0.25, -0.2) is 0 Å². The molecule has 2 aromatic rings. The molecule has 7 heteroatoms. The maximum absolute atomic E-state index is 12.4. The molecule has 0 heterocycles. The number of carboxylic acids is 1. The quantitative estimate of drug-likeness (QED) is 0.477. The Balaban J connectivity index is 1.74. The van der Waals surface area contributed by atoms with E-state index in [4.69, 9.17) is 16.2 Å². The molecule has 0 fully saturated rings. The minimum Gasteiger partial charge on any atom is -0.481 e. The Hall–Kier alpha value is -3.48. The Labute approximate surface area is 155 Å². The highest BCUT2D eigenvalue weighted by Gasteiger charge is 2.29. The topological polar surface area (TPSA) is 133 Å². The highest BCUT2D eigenvalue weighted by Crippen LogP contribution is 2.29. The number of rotatable bonds is 5. The average molecular weight is 365 g/mol. The summed E-state index contributed by atoms with van der Waals surface area (Å²) in [5.74, 6) is -2.00. The number of hydrogen-bond donors (Lipinski definition) is 4. The summed E-state index contributed by atoms with van der Waals surface area (Å²) in [7, 11) is 0. The summed E-state index contributed by atoms with van der Waals surface area (Å²) in [5, 5.41) is 19.1. The van der Waals surface area contributed by atoms with Gasteiger partial charge in [-0.3, -0.25) is 19.8 Å². The van der Waals surface area contributed by atoms with Crippen molar-refractivity contribution in [1.82, 2.24) is 0 Å². The molecule has 1 amide bonds. The lowest BCUT2D eigenvalue weighted by molar-refractivity contribution is -0.137. The van der Waals surface area contributed by atoms with Crippen LogP contribution < -0.4 is 11.1 Å². The third-order valence-corrected chi connectivity index (χ3v) is 4.64. The molecule has 0 radical (unpaired) electrons. The normalized spacial score (nSPS) is 15.7. The van der Waals surface area contributed by atoms with Gasteiger partial charge in [0.25, 0.3) is 5.91 Å². The number of fused-ring (bicyclic) bond motifs is 1. The van der Waals surface area contributed by atoms with Crippen molar-refractivity contribution >= 4 is 29.2 Å². The molecule has 3 rings (SSSR count). The molecule has 1 aliphatic carbocycles. The fourth-order valence-electron chi connectivity index (χ4n) is 3.21. The molecule has 1 atom stereocenters. The van der Waals surface area contributed by atoms with E-state index in [9.17, 15) is 14.4 Å². The molecule has 0 bridgehead atoms. The number of aliphatic carboxylic acids is 1. The van der Waals surface area contributed by atoms with Gasteiger partial charge in [-0.2, -0.15) is 0 Å². The standard InChI is InChI=1S/C20H19N3O4/c21-19(22)11-1-3-12(4-2-11)20(27)23-15-7-8-16-13(9-15)5-6-14(18(16)26)10-17(24)25/h1-4,7-9,14H,5-6,10H2,(H3,21,22)(H,23,27)(H,24,25). The molecule has 0 saturated carbocycles. The second-order valence-electron chi connectivity index (χ2n) is 6.51. The number of nitrogens with two attached hydrogens (primary N) is 1. The van der Waals surface area contributed by atoms with Gasteiger partial charge < -0.3 is 16.2 Å². The monoisotopic (exact) mass is 365 g/mol. The minimum absolute atomic E-state index is 0.0671. The molecule has 0 spiro atoms. The van der Waals surface area contributed by atoms with Gasteiger partial charge in [-0.05, 0) is 48.7 Å². The van der Waals surface area contributed by atoms with Crippen molar-refractivity contribution in [3.8, 4) is 0 Å². The van der Waals surface area contributed by atoms with E-state index in [1.807, 2.05) is 0 Å². The number of carbonyl (C=O) groups excluding carboxylic acids is 2. The Morgan fingerprint density at radius 1 is 1.15 bits per heavy atom. The molecule has 0 aromatic heterocycles. The van der Waals surface area contributed by atoms with Crippen LogP contribution in [-0.4, -0.2) is 28.6 Å². The molecular formula is C20H19N3O4. The van der Waals surface area contributed by atoms with E-state index in [-0.39, 0.29) is 23.9 Å². The van der Waals surface area contributed by atoms with Crippen LogP contribution in [0.4, 0.5) is 5.69 Å². The van der Waals surface area contributed by atoms with Gasteiger partial charge in [-0.1, -0.05) is 12.1 Å². The van der Waals surface area contributed by atoms with Gasteiger partial charge in [0.05, 0.1) is 6.42 Å². The molecule has 1 unspecified atom stereocenters. The summed E-state index contributed by atoms with van der Waals surface area (Å²) in [4.78, 5) is 35.7. The number of hydrogen-bond acceptors (Lipinski definition) is 4. The first-order valence-corrected chi connectivity index (χ1v) is 8.50. The van der Waals surface area contributed by atoms with Crippen LogP contribution in [0.1, 0.15) is 44.7 Å². The number of nitrogens with one attached hydrogen (secondary N) is 2. The highest BCUT2D eigenvalue weighted by molar-refractivity contribution is 6.06. The van der Waals surface area contributed by atoms with Crippen LogP contribution in [0, 0.1) is 11.3 Å². The second kappa shape index (κ2) is 7.41. The van der Waals surface area contributed by atoms with Crippen molar-refractivity contribution in [3.05, 3.63) is 64.7 Å². The number of Topliss-reactive ketones (excluding diaryl/α,β-unsaturated/α-hetero) is 1. The van der Waals surface area contributed by atoms with E-state index < -0.39 is 11.9 Å². The van der Waals surface area contributed by atoms with Crippen LogP contribution in [0.5, 0.6) is 0 Å². The summed E-state index contributed by atoms with van der Waals surface area (Å²) in [6.45, 7) is 0. The lowest BCUT2D eigenvalue weighted by Gasteiger charge is -2.22. The lowest BCUT2D eigenvalue weighted by atomic mass is 9.81. The van der Waals surface area contributed by atoms with Crippen molar-refractivity contribution in [2.45, 2.75) is 19.3 Å². The van der Waals surface area contributed by atoms with Crippen molar-refractivity contribution in [1.29, 1.82) is 5.41 Å². The van der Waals surface area contributed by atoms with E-state index >= 15 is 0 Å². The summed E-state index contributed by atoms with van der Waals surface area (Å²) in [6, 6.07) is 11.4. The summed E-state index contributed by atoms with van der Waals surface area (Å²) in [6.07, 6.45) is 0.922. The van der Waals surface area contributed by atoms with Crippen LogP contribution in [0.3, 0.4) is 0 Å². The fraction of sp³-hybridized carbons (Fsp3) is 0.200. The van der Waals surface area contributed by atoms with E-state index in [2.05, 4.69) is 5.32 Å². The van der Waals surface area contributed by atoms with Gasteiger partial charge in [0.15, 0.2) is 5.78 Å². The SMILES string of the molecule is N=C(N)c1ccc(C(=O)Nc2ccc3c(c2)CCC(CC(=O)O)C3=O)cc1. The first kappa shape index (κ1) is 18.3. The lowest BCUT2D eigenvalue weighted by Crippen LogP contribution is -2.25. The maximum Gasteiger partial charge on any atom is 0.304 e. The third kappa shape index (κ3) is 4.03. The van der Waals surface area contributed by atoms with Gasteiger partial charge in [0.1, 0.15) is 5.84 Å². The van der Waals surface area contributed by atoms with Crippen molar-refractivity contribution in [2.75, 3.05) is 5.32 Å². The van der Waals surface area contributed by atoms with E-state index in [0.29, 0.717) is 35.2 Å². The minimum atomic E-state index is -0.975. The van der Waals surface area contributed by atoms with E-state index in [1.165, 1.54) is 0 Å². The zero-order valence-electron chi connectivity index (χ0n) is 14.5. The smallest absolute Gasteiger partial charge is 0.304 e. The fourth-order valence-corrected chi connectivity index (χ4v) is 3.21. The average Bonchev–Trinajstić information content (AvgIpc) is 2.64. The van der Waals surface area contributed by atoms with Crippen LogP contribution in [-0.2, 0) is 11.2 Å². The summed E-state index contributed by atoms with van der Waals surface area (Å²) >= 11 is 0. The number of carboxylic acid groups (broad SMARTS) is 1. The molecule has 0 saturated heterocycles. The molecule has 0 aliphatic heterocycles. The molecule has 138 valence electrons. The van der Waals surface area contributed by atoms with Crippen LogP contribution in [0.15, 0.2) is 42.5 Å². The molecule has 1 aliphatic rings. The number of carbonyl (C=O) groups is 3. The number of ketones is 1. The second-order valence-corrected chi connectivity index (χ2v) is 6.51. The van der Waals surface area contributed by atoms with Gasteiger partial charge in [0.2, 0.25) is 0 Å². The zero-order chi connectivity index (χ0) is 19.6. The Morgan fingerprint density at radius 3 is 2.44 bits per heavy atom. The van der Waals surface area contributed by atoms with Gasteiger partial charge in [-0.15, -0.1) is 0 Å². The molecular weight excluding hydrogens is 346 g/mol. The number of amidine groups is 1. The Kier molecular flexibility index (Phi) is 5.03. The van der Waals surface area contributed by atoms with Crippen molar-refractivity contribution in [2.24, 2.45) is 11.7 Å². The Bertz CT molecular complexity index is 935. The Morgan fingerprint density at radius 2 is 1.81 bits per heavy atom. The first-order chi connectivity index (χ1) is 12.8. The predicted molar refractivity (Wildman–Crippen MR) is 100 cm³/mol.